The number of imidazole rings is 1. The highest BCUT2D eigenvalue weighted by atomic mass is 32.2. The molecule has 1 atom stereocenters. The molecule has 12 heteroatoms. The van der Waals surface area contributed by atoms with E-state index in [-0.39, 0.29) is 17.0 Å². The second kappa shape index (κ2) is 12.9. The first-order chi connectivity index (χ1) is 21.0. The molecule has 11 nitrogen and oxygen atoms in total. The van der Waals surface area contributed by atoms with Crippen LogP contribution in [-0.2, 0) is 23.1 Å². The van der Waals surface area contributed by atoms with Crippen LogP contribution in [0, 0.1) is 0 Å². The van der Waals surface area contributed by atoms with Gasteiger partial charge in [0.1, 0.15) is 0 Å². The molecule has 0 saturated carbocycles. The van der Waals surface area contributed by atoms with Crippen molar-refractivity contribution in [3.05, 3.63) is 119 Å². The van der Waals surface area contributed by atoms with Crippen LogP contribution < -0.4 is 21.0 Å². The van der Waals surface area contributed by atoms with Crippen LogP contribution in [0.15, 0.2) is 106 Å². The predicted octanol–water partition coefficient (Wildman–Crippen LogP) is 4.37. The molecule has 5 rings (SSSR count). The first-order valence-electron chi connectivity index (χ1n) is 14.2. The Morgan fingerprint density at radius 3 is 2.64 bits per heavy atom. The molecule has 0 amide bonds. The molecule has 0 radical (unpaired) electrons. The normalized spacial score (nSPS) is 12.7. The number of nitrogens with one attached hydrogen (secondary N) is 4. The van der Waals surface area contributed by atoms with Crippen LogP contribution in [0.2, 0.25) is 0 Å². The van der Waals surface area contributed by atoms with Crippen molar-refractivity contribution in [1.82, 2.24) is 25.3 Å². The highest BCUT2D eigenvalue weighted by Gasteiger charge is 2.21. The summed E-state index contributed by atoms with van der Waals surface area (Å²) < 4.78 is 34.8. The number of β-amino-alcohol motifs (C(OH)–C–C–N with tert-alkyl or cyclic N) is 1. The van der Waals surface area contributed by atoms with E-state index in [2.05, 4.69) is 55.0 Å². The van der Waals surface area contributed by atoms with Crippen LogP contribution in [0.4, 0.5) is 5.69 Å². The Bertz CT molecular complexity index is 1910. The van der Waals surface area contributed by atoms with E-state index in [1.807, 2.05) is 24.5 Å². The number of aromatic nitrogens is 3. The lowest BCUT2D eigenvalue weighted by molar-refractivity contribution is 0.158. The minimum absolute atomic E-state index is 0.170. The van der Waals surface area contributed by atoms with Crippen molar-refractivity contribution < 1.29 is 18.0 Å². The van der Waals surface area contributed by atoms with E-state index in [4.69, 9.17) is 0 Å². The Balaban J connectivity index is 1.14. The first kappa shape index (κ1) is 30.8. The number of hydrogen-bond acceptors (Lipinski definition) is 8. The van der Waals surface area contributed by atoms with Crippen molar-refractivity contribution >= 4 is 32.4 Å². The van der Waals surface area contributed by atoms with Crippen molar-refractivity contribution in [2.24, 2.45) is 0 Å². The third-order valence-electron chi connectivity index (χ3n) is 7.37. The lowest BCUT2D eigenvalue weighted by Crippen LogP contribution is -2.42. The van der Waals surface area contributed by atoms with Crippen LogP contribution in [0.5, 0.6) is 0 Å². The van der Waals surface area contributed by atoms with Gasteiger partial charge in [0.05, 0.1) is 40.6 Å². The van der Waals surface area contributed by atoms with Crippen LogP contribution >= 0.6 is 0 Å². The maximum absolute atomic E-state index is 12.7. The fourth-order valence-corrected chi connectivity index (χ4v) is 5.81. The molecule has 230 valence electrons. The lowest BCUT2D eigenvalue weighted by Gasteiger charge is -2.28. The van der Waals surface area contributed by atoms with Gasteiger partial charge in [-0.25, -0.2) is 23.4 Å². The number of fused-ring (bicyclic) bond motifs is 1. The summed E-state index contributed by atoms with van der Waals surface area (Å²) in [4.78, 5) is 15.9. The molecular weight excluding hydrogens is 580 g/mol. The number of benzene rings is 3. The molecule has 0 unspecified atom stereocenters. The molecular formula is C32H36N6O5S. The van der Waals surface area contributed by atoms with E-state index in [1.165, 1.54) is 18.2 Å². The minimum Gasteiger partial charge on any atom is -0.387 e. The highest BCUT2D eigenvalue weighted by Crippen LogP contribution is 2.23. The van der Waals surface area contributed by atoms with E-state index in [1.54, 1.807) is 42.5 Å². The number of aromatic amines is 1. The SMILES string of the molecule is C=C(NCc1cc(=O)o[nH]1)c1ccc2c(c1)ncn2CCC(C)(C)NC[C@H](O)c1cccc(NS(=O)(=O)c2ccccc2)c1. The van der Waals surface area contributed by atoms with Crippen molar-refractivity contribution in [2.45, 2.75) is 49.9 Å². The third-order valence-corrected chi connectivity index (χ3v) is 8.76. The molecule has 0 fully saturated rings. The zero-order valence-corrected chi connectivity index (χ0v) is 25.4. The van der Waals surface area contributed by atoms with E-state index in [0.29, 0.717) is 35.7 Å². The zero-order valence-electron chi connectivity index (χ0n) is 24.6. The smallest absolute Gasteiger partial charge is 0.357 e. The van der Waals surface area contributed by atoms with E-state index < -0.39 is 21.8 Å². The summed E-state index contributed by atoms with van der Waals surface area (Å²) in [6, 6.07) is 22.3. The molecule has 0 aliphatic heterocycles. The summed E-state index contributed by atoms with van der Waals surface area (Å²) in [5, 5.41) is 20.1. The number of rotatable bonds is 14. The second-order valence-corrected chi connectivity index (χ2v) is 12.9. The van der Waals surface area contributed by atoms with Crippen molar-refractivity contribution in [1.29, 1.82) is 0 Å². The number of H-pyrrole nitrogens is 1. The maximum Gasteiger partial charge on any atom is 0.357 e. The Hall–Kier alpha value is -4.65. The van der Waals surface area contributed by atoms with Gasteiger partial charge < -0.3 is 24.8 Å². The van der Waals surface area contributed by atoms with Gasteiger partial charge in [0.2, 0.25) is 0 Å². The topological polar surface area (TPSA) is 154 Å². The molecule has 2 aromatic heterocycles. The number of nitrogens with zero attached hydrogens (tertiary/aromatic N) is 2. The molecule has 3 aromatic carbocycles. The predicted molar refractivity (Wildman–Crippen MR) is 170 cm³/mol. The number of aliphatic hydroxyl groups excluding tert-OH is 1. The van der Waals surface area contributed by atoms with Gasteiger partial charge in [-0.2, -0.15) is 0 Å². The molecule has 5 N–H and O–H groups in total. The van der Waals surface area contributed by atoms with Gasteiger partial charge in [0.25, 0.3) is 10.0 Å². The molecule has 0 aliphatic rings. The zero-order chi connectivity index (χ0) is 31.3. The Kier molecular flexibility index (Phi) is 9.04. The van der Waals surface area contributed by atoms with Crippen molar-refractivity contribution in [3.63, 3.8) is 0 Å². The monoisotopic (exact) mass is 616 g/mol. The van der Waals surface area contributed by atoms with Gasteiger partial charge in [-0.15, -0.1) is 0 Å². The van der Waals surface area contributed by atoms with Crippen molar-refractivity contribution in [3.8, 4) is 0 Å². The first-order valence-corrected chi connectivity index (χ1v) is 15.6. The fourth-order valence-electron chi connectivity index (χ4n) is 4.74. The number of aryl methyl sites for hydroxylation is 1. The Morgan fingerprint density at radius 2 is 1.89 bits per heavy atom. The van der Waals surface area contributed by atoms with Gasteiger partial charge in [0.15, 0.2) is 0 Å². The molecule has 5 aromatic rings. The van der Waals surface area contributed by atoms with Gasteiger partial charge in [0, 0.05) is 36.1 Å². The molecule has 0 aliphatic carbocycles. The summed E-state index contributed by atoms with van der Waals surface area (Å²) in [6.45, 7) is 9.61. The summed E-state index contributed by atoms with van der Waals surface area (Å²) >= 11 is 0. The Morgan fingerprint density at radius 1 is 1.09 bits per heavy atom. The van der Waals surface area contributed by atoms with Gasteiger partial charge >= 0.3 is 5.63 Å². The summed E-state index contributed by atoms with van der Waals surface area (Å²) in [6.07, 6.45) is 1.74. The van der Waals surface area contributed by atoms with Gasteiger partial charge in [-0.05, 0) is 67.8 Å². The molecule has 0 bridgehead atoms. The molecule has 0 spiro atoms. The molecule has 0 saturated heterocycles. The number of anilines is 1. The van der Waals surface area contributed by atoms with Gasteiger partial charge in [-0.1, -0.05) is 43.0 Å². The van der Waals surface area contributed by atoms with Crippen LogP contribution in [0.1, 0.15) is 43.2 Å². The summed E-state index contributed by atoms with van der Waals surface area (Å²) in [5.41, 5.74) is 4.30. The summed E-state index contributed by atoms with van der Waals surface area (Å²) in [7, 11) is -3.73. The molecule has 2 heterocycles. The molecule has 44 heavy (non-hydrogen) atoms. The number of hydrogen-bond donors (Lipinski definition) is 5. The lowest BCUT2D eigenvalue weighted by atomic mass is 9.99. The average Bonchev–Trinajstić information content (AvgIpc) is 3.63. The fraction of sp³-hybridized carbons (Fsp3) is 0.250. The Labute approximate surface area is 255 Å². The average molecular weight is 617 g/mol. The third kappa shape index (κ3) is 7.64. The largest absolute Gasteiger partial charge is 0.387 e. The standard InChI is InChI=1S/C32H36N6O5S/c1-22(33-19-26-18-31(40)43-36-26)23-12-13-29-28(17-23)34-21-38(29)15-14-32(2,3)35-20-30(39)24-8-7-9-25(16-24)37-44(41,42)27-10-5-4-6-11-27/h4-13,16-18,21,30,33,35-37,39H,1,14-15,19-20H2,2-3H3/t30-/m0/s1. The van der Waals surface area contributed by atoms with Crippen LogP contribution in [0.3, 0.4) is 0 Å². The number of sulfonamides is 1. The second-order valence-electron chi connectivity index (χ2n) is 11.2. The van der Waals surface area contributed by atoms with E-state index >= 15 is 0 Å². The maximum atomic E-state index is 12.7. The van der Waals surface area contributed by atoms with Gasteiger partial charge in [-0.3, -0.25) is 4.72 Å². The van der Waals surface area contributed by atoms with E-state index in [0.717, 1.165) is 23.0 Å². The minimum atomic E-state index is -3.73. The van der Waals surface area contributed by atoms with Crippen molar-refractivity contribution in [2.75, 3.05) is 11.3 Å². The van der Waals surface area contributed by atoms with E-state index in [9.17, 15) is 18.3 Å². The summed E-state index contributed by atoms with van der Waals surface area (Å²) in [5.74, 6) is 0. The van der Waals surface area contributed by atoms with Crippen LogP contribution in [0.25, 0.3) is 16.7 Å². The quantitative estimate of drug-likeness (QED) is 0.123. The number of aliphatic hydroxyl groups is 1. The highest BCUT2D eigenvalue weighted by molar-refractivity contribution is 7.92. The van der Waals surface area contributed by atoms with Crippen LogP contribution in [-0.4, -0.2) is 40.3 Å².